The van der Waals surface area contributed by atoms with Crippen LogP contribution in [0.5, 0.6) is 11.5 Å². The SMILES string of the molecule is COc1ccc(S(=O)(=O)C(CCCCc2ccccc2)C(C(=O)O)C(C)S(=O)(=O)c2ccccc2)cc1OC. The molecule has 0 aliphatic rings. The normalized spacial score (nSPS) is 14.2. The molecule has 3 atom stereocenters. The summed E-state index contributed by atoms with van der Waals surface area (Å²) < 4.78 is 65.4. The van der Waals surface area contributed by atoms with Crippen LogP contribution in [-0.4, -0.2) is 52.6 Å². The van der Waals surface area contributed by atoms with E-state index in [0.29, 0.717) is 25.0 Å². The molecule has 0 spiro atoms. The second kappa shape index (κ2) is 13.1. The zero-order chi connectivity index (χ0) is 28.6. The van der Waals surface area contributed by atoms with Gasteiger partial charge in [0.1, 0.15) is 0 Å². The van der Waals surface area contributed by atoms with E-state index in [0.717, 1.165) is 5.56 Å². The third-order valence-corrected chi connectivity index (χ3v) is 11.3. The van der Waals surface area contributed by atoms with Gasteiger partial charge in [-0.1, -0.05) is 55.0 Å². The first kappa shape index (κ1) is 30.2. The van der Waals surface area contributed by atoms with Crippen LogP contribution in [0.1, 0.15) is 31.7 Å². The summed E-state index contributed by atoms with van der Waals surface area (Å²) >= 11 is 0. The highest BCUT2D eigenvalue weighted by Gasteiger charge is 2.46. The lowest BCUT2D eigenvalue weighted by atomic mass is 9.96. The number of aliphatic carboxylic acids is 1. The topological polar surface area (TPSA) is 124 Å². The number of carboxylic acid groups (broad SMARTS) is 1. The van der Waals surface area contributed by atoms with E-state index >= 15 is 0 Å². The molecule has 1 N–H and O–H groups in total. The summed E-state index contributed by atoms with van der Waals surface area (Å²) in [5.41, 5.74) is 1.08. The number of ether oxygens (including phenoxy) is 2. The maximum atomic E-state index is 14.0. The molecule has 39 heavy (non-hydrogen) atoms. The molecule has 0 fully saturated rings. The number of carboxylic acids is 1. The molecule has 0 amide bonds. The molecule has 0 bridgehead atoms. The van der Waals surface area contributed by atoms with Gasteiger partial charge >= 0.3 is 5.97 Å². The third kappa shape index (κ3) is 6.99. The minimum Gasteiger partial charge on any atom is -0.493 e. The predicted molar refractivity (Wildman–Crippen MR) is 149 cm³/mol. The maximum Gasteiger partial charge on any atom is 0.309 e. The monoisotopic (exact) mass is 574 g/mol. The molecule has 0 aliphatic carbocycles. The van der Waals surface area contributed by atoms with Gasteiger partial charge in [-0.05, 0) is 56.0 Å². The van der Waals surface area contributed by atoms with Gasteiger partial charge < -0.3 is 14.6 Å². The van der Waals surface area contributed by atoms with Gasteiger partial charge in [0.25, 0.3) is 0 Å². The number of hydrogen-bond acceptors (Lipinski definition) is 7. The number of aryl methyl sites for hydroxylation is 1. The Labute approximate surface area is 230 Å². The maximum absolute atomic E-state index is 14.0. The number of rotatable bonds is 14. The van der Waals surface area contributed by atoms with Gasteiger partial charge in [-0.2, -0.15) is 0 Å². The standard InChI is InChI=1S/C29H34O8S2/c1-21(38(32,33)23-15-8-5-9-16-23)28(29(30)31)27(17-11-10-14-22-12-6-4-7-13-22)39(34,35)24-18-19-25(36-2)26(20-24)37-3/h4-9,12-13,15-16,18-21,27-28H,10-11,14,17H2,1-3H3,(H,30,31). The Morgan fingerprint density at radius 1 is 0.769 bits per heavy atom. The van der Waals surface area contributed by atoms with E-state index in [4.69, 9.17) is 9.47 Å². The van der Waals surface area contributed by atoms with Gasteiger partial charge in [0.05, 0.1) is 40.4 Å². The fourth-order valence-electron chi connectivity index (χ4n) is 4.70. The molecular formula is C29H34O8S2. The number of sulfone groups is 2. The lowest BCUT2D eigenvalue weighted by molar-refractivity contribution is -0.141. The van der Waals surface area contributed by atoms with Crippen LogP contribution in [0.2, 0.25) is 0 Å². The van der Waals surface area contributed by atoms with Crippen LogP contribution in [0.25, 0.3) is 0 Å². The van der Waals surface area contributed by atoms with Gasteiger partial charge in [-0.3, -0.25) is 4.79 Å². The highest BCUT2D eigenvalue weighted by Crippen LogP contribution is 2.36. The summed E-state index contributed by atoms with van der Waals surface area (Å²) in [5.74, 6) is -2.73. The van der Waals surface area contributed by atoms with Gasteiger partial charge in [0, 0.05) is 6.07 Å². The zero-order valence-corrected chi connectivity index (χ0v) is 23.8. The van der Waals surface area contributed by atoms with Crippen molar-refractivity contribution in [2.45, 2.75) is 52.9 Å². The molecule has 210 valence electrons. The number of hydrogen-bond donors (Lipinski definition) is 1. The van der Waals surface area contributed by atoms with Crippen molar-refractivity contribution in [3.63, 3.8) is 0 Å². The first-order chi connectivity index (χ1) is 18.5. The van der Waals surface area contributed by atoms with Gasteiger partial charge in [-0.25, -0.2) is 16.8 Å². The first-order valence-electron chi connectivity index (χ1n) is 12.6. The number of unbranched alkanes of at least 4 members (excludes halogenated alkanes) is 1. The van der Waals surface area contributed by atoms with Crippen LogP contribution >= 0.6 is 0 Å². The van der Waals surface area contributed by atoms with Crippen LogP contribution < -0.4 is 9.47 Å². The smallest absolute Gasteiger partial charge is 0.309 e. The van der Waals surface area contributed by atoms with Gasteiger partial charge in [-0.15, -0.1) is 0 Å². The van der Waals surface area contributed by atoms with Crippen LogP contribution in [0.3, 0.4) is 0 Å². The van der Waals surface area contributed by atoms with Crippen molar-refractivity contribution in [2.75, 3.05) is 14.2 Å². The lowest BCUT2D eigenvalue weighted by Gasteiger charge is -2.29. The summed E-state index contributed by atoms with van der Waals surface area (Å²) in [6.45, 7) is 1.27. The molecule has 0 saturated heterocycles. The lowest BCUT2D eigenvalue weighted by Crippen LogP contribution is -2.44. The van der Waals surface area contributed by atoms with Gasteiger partial charge in [0.15, 0.2) is 31.2 Å². The minimum atomic E-state index is -4.32. The molecule has 8 nitrogen and oxygen atoms in total. The number of methoxy groups -OCH3 is 2. The summed E-state index contributed by atoms with van der Waals surface area (Å²) in [6.07, 6.45) is 1.64. The Hall–Kier alpha value is -3.37. The number of benzene rings is 3. The molecule has 0 aromatic heterocycles. The molecule has 3 aromatic rings. The van der Waals surface area contributed by atoms with E-state index in [2.05, 4.69) is 0 Å². The minimum absolute atomic E-state index is 0.0326. The van der Waals surface area contributed by atoms with E-state index in [9.17, 15) is 26.7 Å². The van der Waals surface area contributed by atoms with E-state index in [1.165, 1.54) is 63.6 Å². The fourth-order valence-corrected chi connectivity index (χ4v) is 8.55. The summed E-state index contributed by atoms with van der Waals surface area (Å²) in [5, 5.41) is 7.27. The molecule has 0 aliphatic heterocycles. The quantitative estimate of drug-likeness (QED) is 0.272. The Morgan fingerprint density at radius 2 is 1.36 bits per heavy atom. The van der Waals surface area contributed by atoms with E-state index in [-0.39, 0.29) is 22.0 Å². The predicted octanol–water partition coefficient (Wildman–Crippen LogP) is 4.82. The Morgan fingerprint density at radius 3 is 1.92 bits per heavy atom. The Bertz CT molecular complexity index is 1450. The zero-order valence-electron chi connectivity index (χ0n) is 22.2. The third-order valence-electron chi connectivity index (χ3n) is 6.88. The average molecular weight is 575 g/mol. The second-order valence-corrected chi connectivity index (χ2v) is 13.7. The van der Waals surface area contributed by atoms with Crippen LogP contribution in [0.4, 0.5) is 0 Å². The molecular weight excluding hydrogens is 540 g/mol. The molecule has 10 heteroatoms. The first-order valence-corrected chi connectivity index (χ1v) is 15.6. The summed E-state index contributed by atoms with van der Waals surface area (Å²) in [6, 6.07) is 21.2. The number of carbonyl (C=O) groups is 1. The van der Waals surface area contributed by atoms with Crippen molar-refractivity contribution < 1.29 is 36.2 Å². The van der Waals surface area contributed by atoms with Gasteiger partial charge in [0.2, 0.25) is 0 Å². The molecule has 0 saturated carbocycles. The largest absolute Gasteiger partial charge is 0.493 e. The highest BCUT2D eigenvalue weighted by atomic mass is 32.2. The van der Waals surface area contributed by atoms with Crippen molar-refractivity contribution in [3.05, 3.63) is 84.4 Å². The van der Waals surface area contributed by atoms with Crippen LogP contribution in [0, 0.1) is 5.92 Å². The average Bonchev–Trinajstić information content (AvgIpc) is 2.94. The van der Waals surface area contributed by atoms with Crippen molar-refractivity contribution >= 4 is 25.6 Å². The Balaban J connectivity index is 2.03. The van der Waals surface area contributed by atoms with E-state index < -0.39 is 42.1 Å². The van der Waals surface area contributed by atoms with Crippen molar-refractivity contribution in [2.24, 2.45) is 5.92 Å². The fraction of sp³-hybridized carbons (Fsp3) is 0.345. The van der Waals surface area contributed by atoms with E-state index in [1.807, 2.05) is 30.3 Å². The van der Waals surface area contributed by atoms with Crippen LogP contribution in [-0.2, 0) is 30.9 Å². The molecule has 0 radical (unpaired) electrons. The Kier molecular flexibility index (Phi) is 10.2. The highest BCUT2D eigenvalue weighted by molar-refractivity contribution is 7.93. The molecule has 3 rings (SSSR count). The van der Waals surface area contributed by atoms with Crippen molar-refractivity contribution in [1.82, 2.24) is 0 Å². The van der Waals surface area contributed by atoms with Crippen molar-refractivity contribution in [1.29, 1.82) is 0 Å². The molecule has 0 heterocycles. The van der Waals surface area contributed by atoms with Crippen LogP contribution in [0.15, 0.2) is 88.7 Å². The van der Waals surface area contributed by atoms with Crippen molar-refractivity contribution in [3.8, 4) is 11.5 Å². The molecule has 3 aromatic carbocycles. The summed E-state index contributed by atoms with van der Waals surface area (Å²) in [7, 11) is -5.69. The summed E-state index contributed by atoms with van der Waals surface area (Å²) in [4.78, 5) is 12.4. The molecule has 3 unspecified atom stereocenters. The van der Waals surface area contributed by atoms with E-state index in [1.54, 1.807) is 6.07 Å². The second-order valence-electron chi connectivity index (χ2n) is 9.26.